The van der Waals surface area contributed by atoms with Gasteiger partial charge >= 0.3 is 0 Å². The van der Waals surface area contributed by atoms with Gasteiger partial charge in [-0.1, -0.05) is 18.2 Å². The minimum absolute atomic E-state index is 1.02. The van der Waals surface area contributed by atoms with Crippen molar-refractivity contribution >= 4 is 5.69 Å². The topological polar surface area (TPSA) is 27.8 Å². The maximum Gasteiger partial charge on any atom is 0.0420 e. The van der Waals surface area contributed by atoms with Crippen LogP contribution in [0.5, 0.6) is 0 Å². The lowest BCUT2D eigenvalue weighted by Crippen LogP contribution is -2.01. The second-order valence-corrected chi connectivity index (χ2v) is 4.04. The smallest absolute Gasteiger partial charge is 0.0420 e. The van der Waals surface area contributed by atoms with Gasteiger partial charge in [0.05, 0.1) is 0 Å². The molecular weight excluding hydrogens is 184 g/mol. The molecule has 0 saturated carbocycles. The van der Waals surface area contributed by atoms with E-state index in [9.17, 15) is 0 Å². The molecule has 0 unspecified atom stereocenters. The van der Waals surface area contributed by atoms with E-state index in [1.807, 2.05) is 0 Å². The molecule has 0 atom stereocenters. The summed E-state index contributed by atoms with van der Waals surface area (Å²) in [6.07, 6.45) is 3.22. The minimum Gasteiger partial charge on any atom is -0.384 e. The zero-order valence-electron chi connectivity index (χ0n) is 8.80. The molecule has 1 aromatic carbocycles. The fraction of sp³-hybridized carbons (Fsp3) is 0.231. The molecule has 15 heavy (non-hydrogen) atoms. The highest BCUT2D eigenvalue weighted by atomic mass is 14.9. The van der Waals surface area contributed by atoms with Gasteiger partial charge in [0, 0.05) is 35.2 Å². The van der Waals surface area contributed by atoms with E-state index in [1.54, 1.807) is 0 Å². The van der Waals surface area contributed by atoms with Gasteiger partial charge in [-0.3, -0.25) is 0 Å². The van der Waals surface area contributed by atoms with E-state index in [0.717, 1.165) is 13.0 Å². The van der Waals surface area contributed by atoms with Gasteiger partial charge in [-0.25, -0.2) is 0 Å². The molecule has 1 aromatic heterocycles. The number of anilines is 1. The highest BCUT2D eigenvalue weighted by Gasteiger charge is 2.16. The normalized spacial score (nSPS) is 13.7. The average Bonchev–Trinajstić information content (AvgIpc) is 2.52. The Morgan fingerprint density at radius 1 is 1.20 bits per heavy atom. The van der Waals surface area contributed by atoms with Crippen LogP contribution in [0, 0.1) is 6.92 Å². The third-order valence-corrected chi connectivity index (χ3v) is 3.07. The van der Waals surface area contributed by atoms with Gasteiger partial charge in [-0.15, -0.1) is 0 Å². The maximum absolute atomic E-state index is 3.47. The van der Waals surface area contributed by atoms with E-state index in [2.05, 4.69) is 47.7 Å². The lowest BCUT2D eigenvalue weighted by Gasteiger charge is -2.07. The van der Waals surface area contributed by atoms with Crippen molar-refractivity contribution in [2.24, 2.45) is 0 Å². The number of fused-ring (bicyclic) bond motifs is 3. The van der Waals surface area contributed by atoms with E-state index < -0.39 is 0 Å². The molecule has 2 nitrogen and oxygen atoms in total. The number of rotatable bonds is 0. The zero-order valence-corrected chi connectivity index (χ0v) is 8.80. The molecular formula is C13H14N2. The highest BCUT2D eigenvalue weighted by molar-refractivity contribution is 5.82. The number of hydrogen-bond donors (Lipinski definition) is 2. The fourth-order valence-electron chi connectivity index (χ4n) is 2.34. The first-order valence-electron chi connectivity index (χ1n) is 5.36. The predicted octanol–water partition coefficient (Wildman–Crippen LogP) is 2.96. The van der Waals surface area contributed by atoms with Crippen LogP contribution in [0.2, 0.25) is 0 Å². The summed E-state index contributed by atoms with van der Waals surface area (Å²) in [5.74, 6) is 0. The fourth-order valence-corrected chi connectivity index (χ4v) is 2.34. The van der Waals surface area contributed by atoms with Crippen molar-refractivity contribution in [1.82, 2.24) is 4.98 Å². The molecule has 1 aliphatic rings. The first kappa shape index (κ1) is 8.60. The van der Waals surface area contributed by atoms with Gasteiger partial charge < -0.3 is 10.3 Å². The van der Waals surface area contributed by atoms with Crippen LogP contribution in [-0.2, 0) is 6.42 Å². The van der Waals surface area contributed by atoms with Crippen molar-refractivity contribution in [2.45, 2.75) is 13.3 Å². The molecule has 76 valence electrons. The van der Waals surface area contributed by atoms with E-state index >= 15 is 0 Å². The minimum atomic E-state index is 1.02. The Morgan fingerprint density at radius 3 is 3.00 bits per heavy atom. The highest BCUT2D eigenvalue weighted by Crippen LogP contribution is 2.35. The van der Waals surface area contributed by atoms with Crippen molar-refractivity contribution < 1.29 is 0 Å². The number of H-pyrrole nitrogens is 1. The summed E-state index contributed by atoms with van der Waals surface area (Å²) in [6, 6.07) is 8.52. The van der Waals surface area contributed by atoms with Crippen LogP contribution in [0.25, 0.3) is 11.1 Å². The van der Waals surface area contributed by atoms with Gasteiger partial charge in [0.15, 0.2) is 0 Å². The second-order valence-electron chi connectivity index (χ2n) is 4.04. The van der Waals surface area contributed by atoms with Crippen LogP contribution in [0.3, 0.4) is 0 Å². The Bertz CT molecular complexity index is 497. The van der Waals surface area contributed by atoms with Crippen LogP contribution in [0.4, 0.5) is 5.69 Å². The Labute approximate surface area is 89.3 Å². The maximum atomic E-state index is 3.47. The molecule has 0 bridgehead atoms. The van der Waals surface area contributed by atoms with Crippen LogP contribution in [0.1, 0.15) is 11.3 Å². The van der Waals surface area contributed by atoms with Gasteiger partial charge in [-0.2, -0.15) is 0 Å². The molecule has 0 spiro atoms. The Hall–Kier alpha value is -1.70. The Balaban J connectivity index is 2.30. The second kappa shape index (κ2) is 3.16. The number of aryl methyl sites for hydroxylation is 1. The molecule has 0 fully saturated rings. The first-order chi connectivity index (χ1) is 7.36. The van der Waals surface area contributed by atoms with Gasteiger partial charge in [-0.05, 0) is 25.0 Å². The third-order valence-electron chi connectivity index (χ3n) is 3.07. The van der Waals surface area contributed by atoms with Crippen LogP contribution >= 0.6 is 0 Å². The predicted molar refractivity (Wildman–Crippen MR) is 63.2 cm³/mol. The third kappa shape index (κ3) is 1.25. The molecule has 0 aliphatic carbocycles. The van der Waals surface area contributed by atoms with Gasteiger partial charge in [0.1, 0.15) is 0 Å². The number of aromatic amines is 1. The Morgan fingerprint density at radius 2 is 2.07 bits per heavy atom. The molecule has 0 amide bonds. The molecule has 0 saturated heterocycles. The van der Waals surface area contributed by atoms with E-state index in [4.69, 9.17) is 0 Å². The van der Waals surface area contributed by atoms with Crippen molar-refractivity contribution in [1.29, 1.82) is 0 Å². The van der Waals surface area contributed by atoms with Gasteiger partial charge in [0.2, 0.25) is 0 Å². The summed E-state index contributed by atoms with van der Waals surface area (Å²) < 4.78 is 0. The number of nitrogens with one attached hydrogen (secondary N) is 2. The molecule has 2 heteroatoms. The molecule has 2 aromatic rings. The summed E-state index contributed by atoms with van der Waals surface area (Å²) in [6.45, 7) is 3.16. The number of hydrogen-bond acceptors (Lipinski definition) is 1. The SMILES string of the molecule is Cc1[nH]cc2c1-c1ccccc1NCC2. The van der Waals surface area contributed by atoms with Crippen LogP contribution in [0.15, 0.2) is 30.5 Å². The lowest BCUT2D eigenvalue weighted by molar-refractivity contribution is 1.03. The molecule has 0 radical (unpaired) electrons. The van der Waals surface area contributed by atoms with Crippen molar-refractivity contribution in [2.75, 3.05) is 11.9 Å². The van der Waals surface area contributed by atoms with Crippen LogP contribution in [-0.4, -0.2) is 11.5 Å². The quantitative estimate of drug-likeness (QED) is 0.669. The molecule has 2 N–H and O–H groups in total. The van der Waals surface area contributed by atoms with Crippen molar-refractivity contribution in [3.8, 4) is 11.1 Å². The lowest BCUT2D eigenvalue weighted by atomic mass is 10.0. The van der Waals surface area contributed by atoms with Gasteiger partial charge in [0.25, 0.3) is 0 Å². The molecule has 1 aliphatic heterocycles. The summed E-state index contributed by atoms with van der Waals surface area (Å²) in [5, 5.41) is 3.47. The molecule has 2 heterocycles. The first-order valence-corrected chi connectivity index (χ1v) is 5.36. The number of para-hydroxylation sites is 1. The number of aromatic nitrogens is 1. The summed E-state index contributed by atoms with van der Waals surface area (Å²) in [4.78, 5) is 3.32. The summed E-state index contributed by atoms with van der Waals surface area (Å²) in [5.41, 5.74) is 6.64. The van der Waals surface area contributed by atoms with E-state index in [0.29, 0.717) is 0 Å². The Kier molecular flexibility index (Phi) is 1.81. The summed E-state index contributed by atoms with van der Waals surface area (Å²) in [7, 11) is 0. The number of benzene rings is 1. The van der Waals surface area contributed by atoms with E-state index in [-0.39, 0.29) is 0 Å². The summed E-state index contributed by atoms with van der Waals surface area (Å²) >= 11 is 0. The molecule has 3 rings (SSSR count). The zero-order chi connectivity index (χ0) is 10.3. The van der Waals surface area contributed by atoms with Crippen molar-refractivity contribution in [3.05, 3.63) is 41.7 Å². The largest absolute Gasteiger partial charge is 0.384 e. The van der Waals surface area contributed by atoms with Crippen molar-refractivity contribution in [3.63, 3.8) is 0 Å². The van der Waals surface area contributed by atoms with E-state index in [1.165, 1.54) is 28.1 Å². The monoisotopic (exact) mass is 198 g/mol. The van der Waals surface area contributed by atoms with Crippen LogP contribution < -0.4 is 5.32 Å². The average molecular weight is 198 g/mol. The standard InChI is InChI=1S/C13H14N2/c1-9-13-10(8-15-9)6-7-14-12-5-3-2-4-11(12)13/h2-5,8,14-15H,6-7H2,1H3.